The zero-order valence-electron chi connectivity index (χ0n) is 17.8. The van der Waals surface area contributed by atoms with Gasteiger partial charge in [-0.1, -0.05) is 23.7 Å². The molecule has 1 aromatic heterocycles. The quantitative estimate of drug-likeness (QED) is 0.357. The molecule has 164 valence electrons. The minimum atomic E-state index is -0.191. The Morgan fingerprint density at radius 1 is 0.875 bits per heavy atom. The normalized spacial score (nSPS) is 10.8. The molecule has 0 aliphatic carbocycles. The Morgan fingerprint density at radius 3 is 2.28 bits per heavy atom. The largest absolute Gasteiger partial charge is 0.493 e. The highest BCUT2D eigenvalue weighted by atomic mass is 35.5. The van der Waals surface area contributed by atoms with Crippen molar-refractivity contribution in [3.8, 4) is 34.3 Å². The van der Waals surface area contributed by atoms with E-state index >= 15 is 0 Å². The molecule has 1 heterocycles. The van der Waals surface area contributed by atoms with Gasteiger partial charge in [0.05, 0.1) is 26.7 Å². The van der Waals surface area contributed by atoms with Crippen molar-refractivity contribution >= 4 is 22.6 Å². The smallest absolute Gasteiger partial charge is 0.203 e. The summed E-state index contributed by atoms with van der Waals surface area (Å²) in [5, 5.41) is 1.06. The topological polar surface area (TPSA) is 67.1 Å². The third-order valence-corrected chi connectivity index (χ3v) is 5.18. The molecule has 6 nitrogen and oxygen atoms in total. The third kappa shape index (κ3) is 4.36. The predicted molar refractivity (Wildman–Crippen MR) is 123 cm³/mol. The van der Waals surface area contributed by atoms with Crippen molar-refractivity contribution in [3.05, 3.63) is 81.5 Å². The monoisotopic (exact) mass is 452 g/mol. The Bertz CT molecular complexity index is 1300. The fraction of sp³-hybridized carbons (Fsp3) is 0.160. The molecule has 32 heavy (non-hydrogen) atoms. The molecule has 0 unspecified atom stereocenters. The average Bonchev–Trinajstić information content (AvgIpc) is 2.81. The molecule has 0 atom stereocenters. The molecule has 7 heteroatoms. The van der Waals surface area contributed by atoms with Crippen molar-refractivity contribution in [1.82, 2.24) is 0 Å². The van der Waals surface area contributed by atoms with Gasteiger partial charge in [-0.15, -0.1) is 0 Å². The van der Waals surface area contributed by atoms with Crippen molar-refractivity contribution in [2.45, 2.75) is 6.61 Å². The van der Waals surface area contributed by atoms with E-state index in [0.717, 1.165) is 5.56 Å². The molecule has 4 rings (SSSR count). The second-order valence-electron chi connectivity index (χ2n) is 6.97. The van der Waals surface area contributed by atoms with Crippen LogP contribution in [0.5, 0.6) is 23.0 Å². The Hall–Kier alpha value is -3.64. The molecular formula is C25H21ClO6. The van der Waals surface area contributed by atoms with Gasteiger partial charge in [0.1, 0.15) is 23.7 Å². The summed E-state index contributed by atoms with van der Waals surface area (Å²) in [6, 6.07) is 17.5. The van der Waals surface area contributed by atoms with Crippen LogP contribution in [0.4, 0.5) is 0 Å². The van der Waals surface area contributed by atoms with E-state index in [4.69, 9.17) is 35.0 Å². The molecule has 0 saturated carbocycles. The van der Waals surface area contributed by atoms with Gasteiger partial charge in [-0.2, -0.15) is 0 Å². The molecule has 4 aromatic rings. The van der Waals surface area contributed by atoms with Crippen LogP contribution in [-0.4, -0.2) is 21.3 Å². The predicted octanol–water partition coefficient (Wildman–Crippen LogP) is 5.72. The highest BCUT2D eigenvalue weighted by molar-refractivity contribution is 6.30. The second kappa shape index (κ2) is 9.24. The molecule has 0 radical (unpaired) electrons. The van der Waals surface area contributed by atoms with E-state index in [1.807, 2.05) is 18.2 Å². The van der Waals surface area contributed by atoms with Crippen LogP contribution in [0.15, 0.2) is 69.9 Å². The minimum Gasteiger partial charge on any atom is -0.493 e. The molecule has 3 aromatic carbocycles. The average molecular weight is 453 g/mol. The number of hydrogen-bond donors (Lipinski definition) is 0. The fourth-order valence-electron chi connectivity index (χ4n) is 3.38. The summed E-state index contributed by atoms with van der Waals surface area (Å²) in [4.78, 5) is 12.9. The maximum Gasteiger partial charge on any atom is 0.203 e. The van der Waals surface area contributed by atoms with Gasteiger partial charge in [-0.25, -0.2) is 0 Å². The van der Waals surface area contributed by atoms with Crippen molar-refractivity contribution in [3.63, 3.8) is 0 Å². The zero-order chi connectivity index (χ0) is 22.7. The summed E-state index contributed by atoms with van der Waals surface area (Å²) in [6.45, 7) is 0.334. The highest BCUT2D eigenvalue weighted by Crippen LogP contribution is 2.41. The molecular weight excluding hydrogens is 432 g/mol. The Balaban J connectivity index is 1.68. The lowest BCUT2D eigenvalue weighted by atomic mass is 10.1. The summed E-state index contributed by atoms with van der Waals surface area (Å²) in [5.41, 5.74) is 1.81. The van der Waals surface area contributed by atoms with Crippen LogP contribution in [0, 0.1) is 0 Å². The van der Waals surface area contributed by atoms with Gasteiger partial charge in [0.25, 0.3) is 0 Å². The molecule has 0 aliphatic rings. The van der Waals surface area contributed by atoms with Gasteiger partial charge in [-0.05, 0) is 48.0 Å². The van der Waals surface area contributed by atoms with Crippen LogP contribution < -0.4 is 24.4 Å². The summed E-state index contributed by atoms with van der Waals surface area (Å²) in [7, 11) is 4.59. The van der Waals surface area contributed by atoms with Crippen molar-refractivity contribution in [1.29, 1.82) is 0 Å². The van der Waals surface area contributed by atoms with E-state index in [-0.39, 0.29) is 5.43 Å². The number of ether oxygens (including phenoxy) is 4. The van der Waals surface area contributed by atoms with Crippen LogP contribution in [0.1, 0.15) is 5.56 Å². The van der Waals surface area contributed by atoms with Crippen LogP contribution in [0.25, 0.3) is 22.3 Å². The number of halogens is 1. The van der Waals surface area contributed by atoms with E-state index in [9.17, 15) is 4.79 Å². The molecule has 0 amide bonds. The van der Waals surface area contributed by atoms with Gasteiger partial charge < -0.3 is 23.4 Å². The first-order valence-electron chi connectivity index (χ1n) is 9.78. The minimum absolute atomic E-state index is 0.191. The van der Waals surface area contributed by atoms with E-state index in [1.54, 1.807) is 36.4 Å². The molecule has 0 spiro atoms. The summed E-state index contributed by atoms with van der Waals surface area (Å²) in [6.07, 6.45) is 0. The van der Waals surface area contributed by atoms with Gasteiger partial charge in [0.2, 0.25) is 5.75 Å². The number of hydrogen-bond acceptors (Lipinski definition) is 6. The van der Waals surface area contributed by atoms with Gasteiger partial charge in [-0.3, -0.25) is 4.79 Å². The van der Waals surface area contributed by atoms with Crippen LogP contribution in [0.3, 0.4) is 0 Å². The fourth-order valence-corrected chi connectivity index (χ4v) is 3.60. The van der Waals surface area contributed by atoms with Crippen LogP contribution in [0.2, 0.25) is 5.02 Å². The Morgan fingerprint density at radius 2 is 1.62 bits per heavy atom. The first kappa shape index (κ1) is 21.6. The Labute approximate surface area is 189 Å². The third-order valence-electron chi connectivity index (χ3n) is 4.94. The van der Waals surface area contributed by atoms with Crippen molar-refractivity contribution in [2.75, 3.05) is 21.3 Å². The number of methoxy groups -OCH3 is 3. The SMILES string of the molecule is COc1cc(-c2cc(=O)c3cc(OCc4cccc(Cl)c4)ccc3o2)cc(OC)c1OC. The molecule has 0 fully saturated rings. The van der Waals surface area contributed by atoms with Gasteiger partial charge in [0.15, 0.2) is 16.9 Å². The van der Waals surface area contributed by atoms with Crippen molar-refractivity contribution < 1.29 is 23.4 Å². The molecule has 0 bridgehead atoms. The van der Waals surface area contributed by atoms with Gasteiger partial charge >= 0.3 is 0 Å². The highest BCUT2D eigenvalue weighted by Gasteiger charge is 2.16. The first-order chi connectivity index (χ1) is 15.5. The summed E-state index contributed by atoms with van der Waals surface area (Å²) >= 11 is 6.01. The zero-order valence-corrected chi connectivity index (χ0v) is 18.6. The summed E-state index contributed by atoms with van der Waals surface area (Å²) < 4.78 is 28.0. The lowest BCUT2D eigenvalue weighted by Crippen LogP contribution is -2.02. The van der Waals surface area contributed by atoms with E-state index in [2.05, 4.69) is 0 Å². The standard InChI is InChI=1S/C25H21ClO6/c1-28-23-10-16(11-24(29-2)25(23)30-3)22-13-20(27)19-12-18(7-8-21(19)32-22)31-14-15-5-4-6-17(26)9-15/h4-13H,14H2,1-3H3. The maximum absolute atomic E-state index is 12.9. The summed E-state index contributed by atoms with van der Waals surface area (Å²) in [5.74, 6) is 2.34. The van der Waals surface area contributed by atoms with E-state index in [0.29, 0.717) is 56.9 Å². The lowest BCUT2D eigenvalue weighted by Gasteiger charge is -2.14. The van der Waals surface area contributed by atoms with Crippen LogP contribution >= 0.6 is 11.6 Å². The molecule has 0 aliphatic heterocycles. The molecule has 0 N–H and O–H groups in total. The van der Waals surface area contributed by atoms with Crippen LogP contribution in [-0.2, 0) is 6.61 Å². The van der Waals surface area contributed by atoms with Gasteiger partial charge in [0, 0.05) is 16.7 Å². The number of fused-ring (bicyclic) bond motifs is 1. The molecule has 0 saturated heterocycles. The number of benzene rings is 3. The maximum atomic E-state index is 12.9. The van der Waals surface area contributed by atoms with E-state index in [1.165, 1.54) is 27.4 Å². The number of rotatable bonds is 7. The van der Waals surface area contributed by atoms with Crippen molar-refractivity contribution in [2.24, 2.45) is 0 Å². The first-order valence-corrected chi connectivity index (χ1v) is 10.2. The Kier molecular flexibility index (Phi) is 6.23. The second-order valence-corrected chi connectivity index (χ2v) is 7.40. The lowest BCUT2D eigenvalue weighted by molar-refractivity contribution is 0.306. The van der Waals surface area contributed by atoms with E-state index < -0.39 is 0 Å².